The molecule has 3 rings (SSSR count). The van der Waals surface area contributed by atoms with E-state index < -0.39 is 11.6 Å². The van der Waals surface area contributed by atoms with E-state index in [1.54, 1.807) is 6.92 Å². The minimum absolute atomic E-state index is 0.0438. The Morgan fingerprint density at radius 2 is 2.00 bits per heavy atom. The summed E-state index contributed by atoms with van der Waals surface area (Å²) in [7, 11) is 0. The van der Waals surface area contributed by atoms with Gasteiger partial charge in [0.05, 0.1) is 6.10 Å². The Hall–Kier alpha value is -1.10. The van der Waals surface area contributed by atoms with Crippen molar-refractivity contribution in [2.45, 2.75) is 69.6 Å². The molecule has 1 spiro atoms. The molecule has 0 aromatic carbocycles. The molecule has 112 valence electrons. The number of nitrogens with one attached hydrogen (secondary N) is 1. The number of carbonyl (C=O) groups excluding carboxylic acids is 2. The van der Waals surface area contributed by atoms with Gasteiger partial charge in [-0.1, -0.05) is 19.3 Å². The normalized spacial score (nSPS) is 33.5. The van der Waals surface area contributed by atoms with Crippen molar-refractivity contribution in [3.63, 3.8) is 0 Å². The first-order chi connectivity index (χ1) is 9.63. The van der Waals surface area contributed by atoms with E-state index in [-0.39, 0.29) is 17.9 Å². The summed E-state index contributed by atoms with van der Waals surface area (Å²) in [5.41, 5.74) is -0.603. The van der Waals surface area contributed by atoms with Crippen LogP contribution in [0.4, 0.5) is 0 Å². The summed E-state index contributed by atoms with van der Waals surface area (Å²) in [6, 6.07) is -0.406. The Morgan fingerprint density at radius 1 is 1.25 bits per heavy atom. The molecule has 1 aliphatic carbocycles. The fourth-order valence-corrected chi connectivity index (χ4v) is 3.85. The molecule has 2 amide bonds. The lowest BCUT2D eigenvalue weighted by Gasteiger charge is -2.50. The largest absolute Gasteiger partial charge is 0.376 e. The van der Waals surface area contributed by atoms with Gasteiger partial charge in [0.1, 0.15) is 11.6 Å². The summed E-state index contributed by atoms with van der Waals surface area (Å²) in [6.45, 7) is 3.14. The monoisotopic (exact) mass is 280 g/mol. The number of piperazine rings is 1. The van der Waals surface area contributed by atoms with E-state index in [1.165, 1.54) is 0 Å². The number of hydrogen-bond donors (Lipinski definition) is 1. The van der Waals surface area contributed by atoms with Crippen molar-refractivity contribution in [2.24, 2.45) is 0 Å². The van der Waals surface area contributed by atoms with Gasteiger partial charge in [-0.2, -0.15) is 0 Å². The van der Waals surface area contributed by atoms with Gasteiger partial charge < -0.3 is 15.0 Å². The smallest absolute Gasteiger partial charge is 0.246 e. The average Bonchev–Trinajstić information content (AvgIpc) is 2.96. The lowest BCUT2D eigenvalue weighted by atomic mass is 9.77. The number of nitrogens with zero attached hydrogens (tertiary/aromatic N) is 1. The summed E-state index contributed by atoms with van der Waals surface area (Å²) in [5.74, 6) is 0.101. The van der Waals surface area contributed by atoms with Crippen molar-refractivity contribution in [1.82, 2.24) is 10.2 Å². The summed E-state index contributed by atoms with van der Waals surface area (Å²) < 4.78 is 5.68. The molecule has 20 heavy (non-hydrogen) atoms. The number of hydrogen-bond acceptors (Lipinski definition) is 3. The van der Waals surface area contributed by atoms with Crippen molar-refractivity contribution in [3.05, 3.63) is 0 Å². The van der Waals surface area contributed by atoms with E-state index in [2.05, 4.69) is 5.32 Å². The second kappa shape index (κ2) is 5.35. The van der Waals surface area contributed by atoms with Crippen molar-refractivity contribution in [2.75, 3.05) is 13.2 Å². The predicted octanol–water partition coefficient (Wildman–Crippen LogP) is 1.22. The average molecular weight is 280 g/mol. The molecule has 3 aliphatic rings. The number of rotatable bonds is 2. The third-order valence-electron chi connectivity index (χ3n) is 5.01. The standard InChI is InChI=1S/C15H24N2O3/c1-11-13(18)17(10-12-6-5-9-20-12)15(14(19)16-11)7-3-2-4-8-15/h11-12H,2-10H2,1H3,(H,16,19). The van der Waals surface area contributed by atoms with Gasteiger partial charge >= 0.3 is 0 Å². The maximum atomic E-state index is 12.6. The minimum atomic E-state index is -0.603. The molecule has 0 radical (unpaired) electrons. The Balaban J connectivity index is 1.85. The Morgan fingerprint density at radius 3 is 2.65 bits per heavy atom. The first kappa shape index (κ1) is 13.9. The quantitative estimate of drug-likeness (QED) is 0.827. The zero-order valence-electron chi connectivity index (χ0n) is 12.2. The van der Waals surface area contributed by atoms with Gasteiger partial charge in [0, 0.05) is 13.2 Å². The molecule has 5 nitrogen and oxygen atoms in total. The highest BCUT2D eigenvalue weighted by atomic mass is 16.5. The van der Waals surface area contributed by atoms with E-state index in [9.17, 15) is 9.59 Å². The van der Waals surface area contributed by atoms with E-state index >= 15 is 0 Å². The third kappa shape index (κ3) is 2.22. The van der Waals surface area contributed by atoms with Crippen LogP contribution in [0, 0.1) is 0 Å². The number of amides is 2. The summed E-state index contributed by atoms with van der Waals surface area (Å²) >= 11 is 0. The molecule has 5 heteroatoms. The van der Waals surface area contributed by atoms with E-state index in [1.807, 2.05) is 4.90 Å². The van der Waals surface area contributed by atoms with Crippen LogP contribution >= 0.6 is 0 Å². The molecule has 2 aliphatic heterocycles. The maximum absolute atomic E-state index is 12.6. The van der Waals surface area contributed by atoms with Crippen LogP contribution in [0.1, 0.15) is 51.9 Å². The van der Waals surface area contributed by atoms with Crippen LogP contribution in [0.3, 0.4) is 0 Å². The van der Waals surface area contributed by atoms with Crippen LogP contribution in [-0.4, -0.2) is 47.6 Å². The molecule has 2 heterocycles. The Kier molecular flexibility index (Phi) is 3.71. The van der Waals surface area contributed by atoms with Gasteiger partial charge in [-0.3, -0.25) is 9.59 Å². The van der Waals surface area contributed by atoms with Crippen LogP contribution in [-0.2, 0) is 14.3 Å². The molecule has 0 bridgehead atoms. The van der Waals surface area contributed by atoms with E-state index in [0.717, 1.165) is 51.6 Å². The van der Waals surface area contributed by atoms with Crippen LogP contribution < -0.4 is 5.32 Å². The molecule has 0 aromatic heterocycles. The maximum Gasteiger partial charge on any atom is 0.246 e. The molecule has 1 saturated carbocycles. The molecular formula is C15H24N2O3. The van der Waals surface area contributed by atoms with Crippen LogP contribution in [0.5, 0.6) is 0 Å². The predicted molar refractivity (Wildman–Crippen MR) is 74.1 cm³/mol. The zero-order chi connectivity index (χ0) is 14.2. The van der Waals surface area contributed by atoms with Crippen LogP contribution in [0.15, 0.2) is 0 Å². The zero-order valence-corrected chi connectivity index (χ0v) is 12.2. The lowest BCUT2D eigenvalue weighted by Crippen LogP contribution is -2.71. The van der Waals surface area contributed by atoms with Gasteiger partial charge in [0.25, 0.3) is 0 Å². The number of carbonyl (C=O) groups is 2. The van der Waals surface area contributed by atoms with Crippen molar-refractivity contribution < 1.29 is 14.3 Å². The van der Waals surface area contributed by atoms with Crippen LogP contribution in [0.2, 0.25) is 0 Å². The highest BCUT2D eigenvalue weighted by molar-refractivity contribution is 5.99. The fourth-order valence-electron chi connectivity index (χ4n) is 3.85. The second-order valence-corrected chi connectivity index (χ2v) is 6.37. The van der Waals surface area contributed by atoms with E-state index in [4.69, 9.17) is 4.74 Å². The van der Waals surface area contributed by atoms with Gasteiger partial charge in [-0.25, -0.2) is 0 Å². The first-order valence-electron chi connectivity index (χ1n) is 7.87. The Bertz CT molecular complexity index is 398. The Labute approximate surface area is 120 Å². The molecule has 2 unspecified atom stereocenters. The van der Waals surface area contributed by atoms with Gasteiger partial charge in [-0.05, 0) is 32.6 Å². The van der Waals surface area contributed by atoms with Gasteiger partial charge in [-0.15, -0.1) is 0 Å². The fraction of sp³-hybridized carbons (Fsp3) is 0.867. The molecule has 2 saturated heterocycles. The number of ether oxygens (including phenoxy) is 1. The van der Waals surface area contributed by atoms with Crippen molar-refractivity contribution >= 4 is 11.8 Å². The lowest BCUT2D eigenvalue weighted by molar-refractivity contribution is -0.161. The molecule has 3 fully saturated rings. The van der Waals surface area contributed by atoms with Gasteiger partial charge in [0.15, 0.2) is 0 Å². The highest BCUT2D eigenvalue weighted by Gasteiger charge is 2.52. The molecule has 1 N–H and O–H groups in total. The van der Waals surface area contributed by atoms with Crippen molar-refractivity contribution in [1.29, 1.82) is 0 Å². The van der Waals surface area contributed by atoms with Crippen molar-refractivity contribution in [3.8, 4) is 0 Å². The first-order valence-corrected chi connectivity index (χ1v) is 7.87. The molecule has 0 aromatic rings. The summed E-state index contributed by atoms with van der Waals surface area (Å²) in [5, 5.41) is 2.87. The van der Waals surface area contributed by atoms with Crippen LogP contribution in [0.25, 0.3) is 0 Å². The third-order valence-corrected chi connectivity index (χ3v) is 5.01. The second-order valence-electron chi connectivity index (χ2n) is 6.37. The SMILES string of the molecule is CC1NC(=O)C2(CCCCC2)N(CC2CCCO2)C1=O. The summed E-state index contributed by atoms with van der Waals surface area (Å²) in [4.78, 5) is 27.0. The topological polar surface area (TPSA) is 58.6 Å². The summed E-state index contributed by atoms with van der Waals surface area (Å²) in [6.07, 6.45) is 6.96. The van der Waals surface area contributed by atoms with E-state index in [0.29, 0.717) is 6.54 Å². The minimum Gasteiger partial charge on any atom is -0.376 e. The molecule has 2 atom stereocenters. The van der Waals surface area contributed by atoms with Gasteiger partial charge in [0.2, 0.25) is 11.8 Å². The highest BCUT2D eigenvalue weighted by Crippen LogP contribution is 2.37. The molecular weight excluding hydrogens is 256 g/mol.